The van der Waals surface area contributed by atoms with E-state index < -0.39 is 15.6 Å². The SMILES string of the molecule is CCn1c(CC(C)(C)OC)nnc1S(N)(=O)=O. The Morgan fingerprint density at radius 2 is 2.00 bits per heavy atom. The molecule has 0 aliphatic carbocycles. The lowest BCUT2D eigenvalue weighted by Crippen LogP contribution is -2.28. The van der Waals surface area contributed by atoms with Crippen molar-refractivity contribution in [1.82, 2.24) is 14.8 Å². The quantitative estimate of drug-likeness (QED) is 0.799. The van der Waals surface area contributed by atoms with Gasteiger partial charge in [-0.15, -0.1) is 10.2 Å². The molecular weight excluding hydrogens is 244 g/mol. The second kappa shape index (κ2) is 4.71. The van der Waals surface area contributed by atoms with E-state index in [1.165, 1.54) is 4.57 Å². The summed E-state index contributed by atoms with van der Waals surface area (Å²) < 4.78 is 29.3. The Morgan fingerprint density at radius 3 is 2.41 bits per heavy atom. The summed E-state index contributed by atoms with van der Waals surface area (Å²) >= 11 is 0. The number of hydrogen-bond acceptors (Lipinski definition) is 5. The van der Waals surface area contributed by atoms with Crippen LogP contribution in [0.1, 0.15) is 26.6 Å². The van der Waals surface area contributed by atoms with Crippen LogP contribution < -0.4 is 5.14 Å². The molecule has 0 spiro atoms. The van der Waals surface area contributed by atoms with Gasteiger partial charge in [0.05, 0.1) is 5.60 Å². The lowest BCUT2D eigenvalue weighted by atomic mass is 10.1. The van der Waals surface area contributed by atoms with E-state index >= 15 is 0 Å². The van der Waals surface area contributed by atoms with E-state index in [1.54, 1.807) is 14.0 Å². The van der Waals surface area contributed by atoms with Gasteiger partial charge in [0.2, 0.25) is 0 Å². The van der Waals surface area contributed by atoms with E-state index in [2.05, 4.69) is 10.2 Å². The number of primary sulfonamides is 1. The molecule has 1 rings (SSSR count). The number of ether oxygens (including phenoxy) is 1. The van der Waals surface area contributed by atoms with Gasteiger partial charge in [0.15, 0.2) is 0 Å². The number of rotatable bonds is 5. The summed E-state index contributed by atoms with van der Waals surface area (Å²) in [5, 5.41) is 12.3. The number of nitrogens with zero attached hydrogens (tertiary/aromatic N) is 3. The summed E-state index contributed by atoms with van der Waals surface area (Å²) in [7, 11) is -2.25. The number of methoxy groups -OCH3 is 1. The standard InChI is InChI=1S/C9H18N4O3S/c1-5-13-7(6-9(2,3)16-4)11-12-8(13)17(10,14)15/h5-6H2,1-4H3,(H2,10,14,15). The van der Waals surface area contributed by atoms with Gasteiger partial charge in [0, 0.05) is 20.1 Å². The minimum atomic E-state index is -3.84. The molecule has 0 fully saturated rings. The summed E-state index contributed by atoms with van der Waals surface area (Å²) in [6, 6.07) is 0. The molecule has 0 radical (unpaired) electrons. The fourth-order valence-electron chi connectivity index (χ4n) is 1.43. The van der Waals surface area contributed by atoms with Crippen LogP contribution in [0.4, 0.5) is 0 Å². The molecule has 98 valence electrons. The van der Waals surface area contributed by atoms with Crippen LogP contribution in [0, 0.1) is 0 Å². The van der Waals surface area contributed by atoms with E-state index in [0.29, 0.717) is 18.8 Å². The van der Waals surface area contributed by atoms with E-state index in [1.807, 2.05) is 13.8 Å². The first-order valence-electron chi connectivity index (χ1n) is 5.21. The van der Waals surface area contributed by atoms with Crippen LogP contribution in [-0.4, -0.2) is 35.9 Å². The summed E-state index contributed by atoms with van der Waals surface area (Å²) in [6.07, 6.45) is 0.458. The first kappa shape index (κ1) is 14.1. The van der Waals surface area contributed by atoms with Gasteiger partial charge in [-0.25, -0.2) is 13.6 Å². The molecule has 2 N–H and O–H groups in total. The van der Waals surface area contributed by atoms with E-state index in [0.717, 1.165) is 0 Å². The molecule has 0 saturated heterocycles. The van der Waals surface area contributed by atoms with Crippen LogP contribution >= 0.6 is 0 Å². The van der Waals surface area contributed by atoms with Crippen molar-refractivity contribution in [2.24, 2.45) is 5.14 Å². The lowest BCUT2D eigenvalue weighted by molar-refractivity contribution is 0.0207. The van der Waals surface area contributed by atoms with Crippen LogP contribution in [0.2, 0.25) is 0 Å². The second-order valence-corrected chi connectivity index (χ2v) is 5.78. The minimum absolute atomic E-state index is 0.207. The lowest BCUT2D eigenvalue weighted by Gasteiger charge is -2.22. The van der Waals surface area contributed by atoms with Crippen molar-refractivity contribution < 1.29 is 13.2 Å². The first-order chi connectivity index (χ1) is 7.71. The number of hydrogen-bond donors (Lipinski definition) is 1. The van der Waals surface area contributed by atoms with Crippen molar-refractivity contribution in [2.45, 2.75) is 44.5 Å². The maximum Gasteiger partial charge on any atom is 0.273 e. The van der Waals surface area contributed by atoms with Crippen molar-refractivity contribution >= 4 is 10.0 Å². The minimum Gasteiger partial charge on any atom is -0.378 e. The molecule has 1 aromatic rings. The van der Waals surface area contributed by atoms with Crippen molar-refractivity contribution in [1.29, 1.82) is 0 Å². The molecule has 1 heterocycles. The van der Waals surface area contributed by atoms with Crippen molar-refractivity contribution in [3.63, 3.8) is 0 Å². The van der Waals surface area contributed by atoms with Crippen LogP contribution in [-0.2, 0) is 27.7 Å². The number of nitrogens with two attached hydrogens (primary N) is 1. The van der Waals surface area contributed by atoms with Crippen LogP contribution in [0.5, 0.6) is 0 Å². The second-order valence-electron chi connectivity index (χ2n) is 4.33. The molecular formula is C9H18N4O3S. The van der Waals surface area contributed by atoms with Crippen LogP contribution in [0.3, 0.4) is 0 Å². The predicted octanol–water partition coefficient (Wildman–Crippen LogP) is -0.0871. The molecule has 0 unspecified atom stereocenters. The smallest absolute Gasteiger partial charge is 0.273 e. The molecule has 0 aliphatic heterocycles. The van der Waals surface area contributed by atoms with Gasteiger partial charge in [0.1, 0.15) is 5.82 Å². The third-order valence-electron chi connectivity index (χ3n) is 2.50. The van der Waals surface area contributed by atoms with Gasteiger partial charge >= 0.3 is 0 Å². The molecule has 0 amide bonds. The fourth-order valence-corrected chi connectivity index (χ4v) is 2.13. The summed E-state index contributed by atoms with van der Waals surface area (Å²) in [6.45, 7) is 6.02. The van der Waals surface area contributed by atoms with Gasteiger partial charge in [-0.3, -0.25) is 0 Å². The van der Waals surface area contributed by atoms with Gasteiger partial charge in [0.25, 0.3) is 15.2 Å². The molecule has 17 heavy (non-hydrogen) atoms. The summed E-state index contributed by atoms with van der Waals surface area (Å²) in [5.74, 6) is 0.545. The molecule has 7 nitrogen and oxygen atoms in total. The Bertz CT molecular complexity index is 492. The normalized spacial score (nSPS) is 13.0. The molecule has 0 aliphatic rings. The molecule has 1 aromatic heterocycles. The van der Waals surface area contributed by atoms with Gasteiger partial charge in [-0.1, -0.05) is 0 Å². The highest BCUT2D eigenvalue weighted by molar-refractivity contribution is 7.89. The third-order valence-corrected chi connectivity index (χ3v) is 3.31. The third kappa shape index (κ3) is 3.24. The van der Waals surface area contributed by atoms with Gasteiger partial charge in [-0.2, -0.15) is 0 Å². The zero-order valence-electron chi connectivity index (χ0n) is 10.5. The Morgan fingerprint density at radius 1 is 1.41 bits per heavy atom. The highest BCUT2D eigenvalue weighted by atomic mass is 32.2. The molecule has 0 atom stereocenters. The van der Waals surface area contributed by atoms with Gasteiger partial charge in [-0.05, 0) is 20.8 Å². The zero-order valence-corrected chi connectivity index (χ0v) is 11.3. The fraction of sp³-hybridized carbons (Fsp3) is 0.778. The Hall–Kier alpha value is -0.990. The maximum atomic E-state index is 11.3. The first-order valence-corrected chi connectivity index (χ1v) is 6.76. The Balaban J connectivity index is 3.16. The van der Waals surface area contributed by atoms with Crippen molar-refractivity contribution in [2.75, 3.05) is 7.11 Å². The molecule has 0 aromatic carbocycles. The monoisotopic (exact) mass is 262 g/mol. The van der Waals surface area contributed by atoms with Crippen LogP contribution in [0.15, 0.2) is 5.16 Å². The van der Waals surface area contributed by atoms with Gasteiger partial charge < -0.3 is 9.30 Å². The highest BCUT2D eigenvalue weighted by Gasteiger charge is 2.25. The average Bonchev–Trinajstić information content (AvgIpc) is 2.59. The average molecular weight is 262 g/mol. The number of sulfonamides is 1. The van der Waals surface area contributed by atoms with Crippen molar-refractivity contribution in [3.8, 4) is 0 Å². The van der Waals surface area contributed by atoms with E-state index in [4.69, 9.17) is 9.88 Å². The summed E-state index contributed by atoms with van der Waals surface area (Å²) in [4.78, 5) is 0. The predicted molar refractivity (Wildman–Crippen MR) is 61.9 cm³/mol. The zero-order chi connectivity index (χ0) is 13.3. The highest BCUT2D eigenvalue weighted by Crippen LogP contribution is 2.16. The number of aromatic nitrogens is 3. The summed E-state index contributed by atoms with van der Waals surface area (Å²) in [5.41, 5.74) is -0.435. The molecule has 8 heteroatoms. The van der Waals surface area contributed by atoms with Crippen LogP contribution in [0.25, 0.3) is 0 Å². The molecule has 0 saturated carbocycles. The largest absolute Gasteiger partial charge is 0.378 e. The van der Waals surface area contributed by atoms with E-state index in [-0.39, 0.29) is 5.16 Å². The molecule has 0 bridgehead atoms. The Kier molecular flexibility index (Phi) is 3.90. The topological polar surface area (TPSA) is 100 Å². The maximum absolute atomic E-state index is 11.3. The Labute approximate surface area is 101 Å². The van der Waals surface area contributed by atoms with Crippen molar-refractivity contribution in [3.05, 3.63) is 5.82 Å². The van der Waals surface area contributed by atoms with E-state index in [9.17, 15) is 8.42 Å².